The molecule has 1 aliphatic rings. The third kappa shape index (κ3) is 4.38. The van der Waals surface area contributed by atoms with Crippen LogP contribution in [-0.4, -0.2) is 57.4 Å². The van der Waals surface area contributed by atoms with Crippen molar-refractivity contribution in [2.75, 3.05) is 29.0 Å². The molecule has 178 valence electrons. The lowest BCUT2D eigenvalue weighted by atomic mass is 9.99. The van der Waals surface area contributed by atoms with Crippen molar-refractivity contribution in [3.63, 3.8) is 0 Å². The number of hydrogen-bond acceptors (Lipinski definition) is 8. The number of aromatic nitrogens is 2. The Morgan fingerprint density at radius 2 is 1.82 bits per heavy atom. The van der Waals surface area contributed by atoms with Crippen molar-refractivity contribution >= 4 is 23.0 Å². The fourth-order valence-electron chi connectivity index (χ4n) is 3.78. The van der Waals surface area contributed by atoms with Crippen LogP contribution in [-0.2, 0) is 0 Å². The fourth-order valence-corrected chi connectivity index (χ4v) is 3.78. The quantitative estimate of drug-likeness (QED) is 0.379. The molecule has 0 radical (unpaired) electrons. The minimum atomic E-state index is -1.12. The van der Waals surface area contributed by atoms with Gasteiger partial charge in [-0.05, 0) is 18.2 Å². The molecule has 0 unspecified atom stereocenters. The van der Waals surface area contributed by atoms with E-state index in [4.69, 9.17) is 11.5 Å². The second-order valence-corrected chi connectivity index (χ2v) is 7.83. The van der Waals surface area contributed by atoms with Gasteiger partial charge in [-0.15, -0.1) is 0 Å². The van der Waals surface area contributed by atoms with Gasteiger partial charge in [-0.1, -0.05) is 6.07 Å². The number of piperidine rings is 1. The lowest BCUT2D eigenvalue weighted by Gasteiger charge is -2.39. The molecule has 0 bridgehead atoms. The molecule has 1 fully saturated rings. The van der Waals surface area contributed by atoms with Gasteiger partial charge in [0.1, 0.15) is 17.3 Å². The number of carbonyl (C=O) groups is 1. The van der Waals surface area contributed by atoms with Crippen LogP contribution in [0.25, 0.3) is 11.3 Å². The average molecular weight is 474 g/mol. The highest BCUT2D eigenvalue weighted by molar-refractivity contribution is 6.08. The average Bonchev–Trinajstić information content (AvgIpc) is 2.78. The number of β-amino-alcohol motifs (C(OH)–C–C–N with tert-alkyl or cyclic N) is 1. The molecule has 0 aliphatic carbocycles. The molecule has 3 heterocycles. The van der Waals surface area contributed by atoms with Crippen LogP contribution in [0.2, 0.25) is 0 Å². The Balaban J connectivity index is 1.67. The predicted octanol–water partition coefficient (Wildman–Crippen LogP) is 1.26. The Kier molecular flexibility index (Phi) is 6.37. The van der Waals surface area contributed by atoms with Crippen molar-refractivity contribution in [1.29, 1.82) is 0 Å². The van der Waals surface area contributed by atoms with Gasteiger partial charge in [-0.3, -0.25) is 9.78 Å². The second kappa shape index (κ2) is 9.25. The first-order chi connectivity index (χ1) is 16.2. The van der Waals surface area contributed by atoms with Gasteiger partial charge in [-0.2, -0.15) is 0 Å². The van der Waals surface area contributed by atoms with Gasteiger partial charge in [0.25, 0.3) is 5.91 Å². The first-order valence-corrected chi connectivity index (χ1v) is 10.2. The van der Waals surface area contributed by atoms with E-state index in [1.54, 1.807) is 11.0 Å². The number of pyridine rings is 2. The zero-order valence-electron chi connectivity index (χ0n) is 17.6. The van der Waals surface area contributed by atoms with Gasteiger partial charge in [0, 0.05) is 25.4 Å². The van der Waals surface area contributed by atoms with Crippen molar-refractivity contribution in [3.05, 3.63) is 65.9 Å². The summed E-state index contributed by atoms with van der Waals surface area (Å²) in [6.07, 6.45) is 0.565. The van der Waals surface area contributed by atoms with E-state index in [9.17, 15) is 28.2 Å². The van der Waals surface area contributed by atoms with Crippen LogP contribution in [0.3, 0.4) is 0 Å². The number of amides is 1. The number of aliphatic hydroxyl groups is 2. The molecule has 1 amide bonds. The topological polar surface area (TPSA) is 151 Å². The summed E-state index contributed by atoms with van der Waals surface area (Å²) in [7, 11) is 0. The Labute approximate surface area is 191 Å². The van der Waals surface area contributed by atoms with E-state index in [1.165, 1.54) is 12.4 Å². The summed E-state index contributed by atoms with van der Waals surface area (Å²) < 4.78 is 42.9. The minimum absolute atomic E-state index is 0.0371. The van der Waals surface area contributed by atoms with Crippen molar-refractivity contribution in [1.82, 2.24) is 9.97 Å². The molecule has 0 spiro atoms. The first-order valence-electron chi connectivity index (χ1n) is 10.2. The molecule has 4 rings (SSSR count). The van der Waals surface area contributed by atoms with E-state index in [-0.39, 0.29) is 24.5 Å². The van der Waals surface area contributed by atoms with E-state index in [1.807, 2.05) is 0 Å². The molecule has 3 atom stereocenters. The number of nitrogen functional groups attached to an aromatic ring is 1. The smallest absolute Gasteiger partial charge is 0.276 e. The normalized spacial score (nSPS) is 20.3. The van der Waals surface area contributed by atoms with E-state index in [0.29, 0.717) is 5.69 Å². The summed E-state index contributed by atoms with van der Waals surface area (Å²) >= 11 is 0. The van der Waals surface area contributed by atoms with Gasteiger partial charge >= 0.3 is 0 Å². The maximum absolute atomic E-state index is 14.5. The second-order valence-electron chi connectivity index (χ2n) is 7.83. The van der Waals surface area contributed by atoms with Crippen LogP contribution in [0.1, 0.15) is 10.5 Å². The maximum Gasteiger partial charge on any atom is 0.276 e. The van der Waals surface area contributed by atoms with Crippen LogP contribution in [0.4, 0.5) is 30.2 Å². The molecule has 7 N–H and O–H groups in total. The SMILES string of the molecule is Nc1cc(F)c(-c2c(F)cccc2F)nc1C(=O)Nc1cnccc1N1C[C@@H](O)[C@H](O)[C@@H](N)C1. The highest BCUT2D eigenvalue weighted by Gasteiger charge is 2.33. The Hall–Kier alpha value is -3.74. The number of carbonyl (C=O) groups excluding carboxylic acids is 1. The number of anilines is 3. The number of halogens is 3. The minimum Gasteiger partial charge on any atom is -0.397 e. The number of benzene rings is 1. The molecular weight excluding hydrogens is 453 g/mol. The molecule has 0 saturated carbocycles. The number of hydrogen-bond donors (Lipinski definition) is 5. The number of rotatable bonds is 4. The van der Waals surface area contributed by atoms with Crippen molar-refractivity contribution < 1.29 is 28.2 Å². The van der Waals surface area contributed by atoms with Gasteiger partial charge in [-0.25, -0.2) is 18.2 Å². The summed E-state index contributed by atoms with van der Waals surface area (Å²) in [6, 6.07) is 4.57. The molecule has 12 heteroatoms. The number of nitrogens with zero attached hydrogens (tertiary/aromatic N) is 3. The zero-order valence-corrected chi connectivity index (χ0v) is 17.6. The Morgan fingerprint density at radius 3 is 2.50 bits per heavy atom. The number of nitrogens with two attached hydrogens (primary N) is 2. The zero-order chi connectivity index (χ0) is 24.6. The van der Waals surface area contributed by atoms with Crippen LogP contribution in [0.15, 0.2) is 42.7 Å². The lowest BCUT2D eigenvalue weighted by molar-refractivity contribution is -0.00351. The predicted molar refractivity (Wildman–Crippen MR) is 118 cm³/mol. The number of nitrogens with one attached hydrogen (secondary N) is 1. The van der Waals surface area contributed by atoms with E-state index in [2.05, 4.69) is 15.3 Å². The van der Waals surface area contributed by atoms with E-state index >= 15 is 0 Å². The van der Waals surface area contributed by atoms with Crippen LogP contribution < -0.4 is 21.7 Å². The monoisotopic (exact) mass is 474 g/mol. The summed E-state index contributed by atoms with van der Waals surface area (Å²) in [5, 5.41) is 22.5. The third-order valence-corrected chi connectivity index (χ3v) is 5.48. The third-order valence-electron chi connectivity index (χ3n) is 5.48. The van der Waals surface area contributed by atoms with Crippen LogP contribution in [0.5, 0.6) is 0 Å². The van der Waals surface area contributed by atoms with Crippen LogP contribution >= 0.6 is 0 Å². The van der Waals surface area contributed by atoms with Crippen molar-refractivity contribution in [3.8, 4) is 11.3 Å². The first kappa shape index (κ1) is 23.4. The van der Waals surface area contributed by atoms with E-state index in [0.717, 1.165) is 24.3 Å². The molecule has 1 aliphatic heterocycles. The van der Waals surface area contributed by atoms with Gasteiger partial charge in [0.05, 0.1) is 47.1 Å². The highest BCUT2D eigenvalue weighted by atomic mass is 19.1. The fraction of sp³-hybridized carbons (Fsp3) is 0.227. The largest absolute Gasteiger partial charge is 0.397 e. The van der Waals surface area contributed by atoms with E-state index < -0.39 is 58.6 Å². The standard InChI is InChI=1S/C22H21F3N6O3/c23-10-2-1-3-11(24)18(10)19-12(25)6-13(26)20(30-19)22(34)29-15-7-28-5-4-16(15)31-8-14(27)21(33)17(32)9-31/h1-7,14,17,21,32-33H,8-9,26-27H2,(H,29,34)/t14-,17+,21+/m0/s1. The van der Waals surface area contributed by atoms with Crippen molar-refractivity contribution in [2.24, 2.45) is 5.73 Å². The Morgan fingerprint density at radius 1 is 1.12 bits per heavy atom. The molecule has 34 heavy (non-hydrogen) atoms. The molecule has 1 saturated heterocycles. The highest BCUT2D eigenvalue weighted by Crippen LogP contribution is 2.31. The maximum atomic E-state index is 14.5. The molecule has 9 nitrogen and oxygen atoms in total. The van der Waals surface area contributed by atoms with Gasteiger partial charge in [0.15, 0.2) is 11.5 Å². The summed E-state index contributed by atoms with van der Waals surface area (Å²) in [4.78, 5) is 22.4. The van der Waals surface area contributed by atoms with Gasteiger partial charge in [0.2, 0.25) is 0 Å². The molecule has 3 aromatic rings. The molecule has 2 aromatic heterocycles. The summed E-state index contributed by atoms with van der Waals surface area (Å²) in [5.41, 5.74) is 10.0. The Bertz CT molecular complexity index is 1210. The van der Waals surface area contributed by atoms with Crippen LogP contribution in [0, 0.1) is 17.5 Å². The van der Waals surface area contributed by atoms with Crippen molar-refractivity contribution in [2.45, 2.75) is 18.2 Å². The lowest BCUT2D eigenvalue weighted by Crippen LogP contribution is -2.59. The van der Waals surface area contributed by atoms with Gasteiger partial charge < -0.3 is 31.9 Å². The number of aliphatic hydroxyl groups excluding tert-OH is 2. The summed E-state index contributed by atoms with van der Waals surface area (Å²) in [5.74, 6) is -4.10. The molecule has 1 aromatic carbocycles. The molecular formula is C22H21F3N6O3. The summed E-state index contributed by atoms with van der Waals surface area (Å²) in [6.45, 7) is 0.216.